The molecule has 0 unspecified atom stereocenters. The number of anilines is 1. The van der Waals surface area contributed by atoms with E-state index in [-0.39, 0.29) is 35.5 Å². The molecule has 1 aliphatic heterocycles. The molecule has 0 aromatic carbocycles. The summed E-state index contributed by atoms with van der Waals surface area (Å²) in [6.07, 6.45) is 3.86. The second kappa shape index (κ2) is 8.04. The van der Waals surface area contributed by atoms with E-state index in [0.717, 1.165) is 6.20 Å². The van der Waals surface area contributed by atoms with E-state index in [4.69, 9.17) is 5.26 Å². The topological polar surface area (TPSA) is 124 Å². The van der Waals surface area contributed by atoms with E-state index >= 15 is 0 Å². The van der Waals surface area contributed by atoms with Gasteiger partial charge in [-0.2, -0.15) is 5.26 Å². The summed E-state index contributed by atoms with van der Waals surface area (Å²) in [6.45, 7) is 2.55. The minimum absolute atomic E-state index is 0.175. The maximum Gasteiger partial charge on any atom is 0.274 e. The van der Waals surface area contributed by atoms with E-state index in [1.807, 2.05) is 18.4 Å². The normalized spacial score (nSPS) is 17.7. The van der Waals surface area contributed by atoms with Gasteiger partial charge in [0.15, 0.2) is 5.69 Å². The van der Waals surface area contributed by atoms with Crippen molar-refractivity contribution in [3.05, 3.63) is 47.0 Å². The summed E-state index contributed by atoms with van der Waals surface area (Å²) < 4.78 is 14.2. The summed E-state index contributed by atoms with van der Waals surface area (Å²) in [6, 6.07) is 4.77. The quantitative estimate of drug-likeness (QED) is 0.573. The zero-order chi connectivity index (χ0) is 23.2. The van der Waals surface area contributed by atoms with Gasteiger partial charge in [-0.15, -0.1) is 11.3 Å². The predicted octanol–water partition coefficient (Wildman–Crippen LogP) is 2.64. The summed E-state index contributed by atoms with van der Waals surface area (Å²) in [4.78, 5) is 39.8. The standard InChI is InChI=1S/C22H20FN7O2S/c1-12(13-6-14(23)8-25-7-13)26-21-28-16-2-5-33-18(16)17(29-21)19(31)30-9-15(10-30)27-20(32)22(11-24)3-4-22/h2,5-8,12,15H,3-4,9-10H2,1H3,(H,27,32)(H,26,28,29)/t12-/m0/s1. The summed E-state index contributed by atoms with van der Waals surface area (Å²) in [7, 11) is 0. The largest absolute Gasteiger partial charge is 0.348 e. The fourth-order valence-corrected chi connectivity index (χ4v) is 4.55. The summed E-state index contributed by atoms with van der Waals surface area (Å²) in [5.41, 5.74) is 0.668. The van der Waals surface area contributed by atoms with Crippen molar-refractivity contribution in [3.8, 4) is 6.07 Å². The number of amides is 2. The lowest BCUT2D eigenvalue weighted by Gasteiger charge is -2.39. The van der Waals surface area contributed by atoms with Crippen molar-refractivity contribution in [2.75, 3.05) is 18.4 Å². The molecule has 1 aliphatic carbocycles. The van der Waals surface area contributed by atoms with Crippen molar-refractivity contribution >= 4 is 39.3 Å². The van der Waals surface area contributed by atoms with Crippen molar-refractivity contribution in [2.45, 2.75) is 31.8 Å². The molecule has 9 nitrogen and oxygen atoms in total. The Balaban J connectivity index is 1.30. The van der Waals surface area contributed by atoms with E-state index in [0.29, 0.717) is 41.7 Å². The zero-order valence-electron chi connectivity index (χ0n) is 17.7. The molecule has 0 bridgehead atoms. The minimum atomic E-state index is -0.880. The van der Waals surface area contributed by atoms with Gasteiger partial charge in [-0.05, 0) is 42.8 Å². The van der Waals surface area contributed by atoms with Gasteiger partial charge in [0.05, 0.1) is 34.6 Å². The Hall–Kier alpha value is -3.65. The molecule has 0 radical (unpaired) electrons. The number of pyridine rings is 1. The monoisotopic (exact) mass is 465 g/mol. The number of aromatic nitrogens is 3. The Kier molecular flexibility index (Phi) is 5.17. The molecule has 2 fully saturated rings. The molecule has 3 aromatic heterocycles. The van der Waals surface area contributed by atoms with Gasteiger partial charge in [-0.25, -0.2) is 14.4 Å². The third kappa shape index (κ3) is 3.98. The van der Waals surface area contributed by atoms with Crippen LogP contribution in [0.25, 0.3) is 10.2 Å². The maximum absolute atomic E-state index is 13.5. The molecule has 2 aliphatic rings. The average Bonchev–Trinajstić information content (AvgIpc) is 3.44. The molecule has 2 amide bonds. The summed E-state index contributed by atoms with van der Waals surface area (Å²) in [5, 5.41) is 17.0. The lowest BCUT2D eigenvalue weighted by atomic mass is 10.0. The average molecular weight is 466 g/mol. The number of nitriles is 1. The number of hydrogen-bond donors (Lipinski definition) is 2. The Labute approximate surface area is 192 Å². The van der Waals surface area contributed by atoms with Gasteiger partial charge >= 0.3 is 0 Å². The van der Waals surface area contributed by atoms with Gasteiger partial charge in [0.1, 0.15) is 11.2 Å². The summed E-state index contributed by atoms with van der Waals surface area (Å²) >= 11 is 1.38. The van der Waals surface area contributed by atoms with Crippen molar-refractivity contribution in [3.63, 3.8) is 0 Å². The molecule has 168 valence electrons. The minimum Gasteiger partial charge on any atom is -0.348 e. The van der Waals surface area contributed by atoms with Crippen LogP contribution in [0.15, 0.2) is 29.9 Å². The predicted molar refractivity (Wildman–Crippen MR) is 119 cm³/mol. The number of rotatable bonds is 6. The Morgan fingerprint density at radius 1 is 1.33 bits per heavy atom. The second-order valence-electron chi connectivity index (χ2n) is 8.41. The highest BCUT2D eigenvalue weighted by Gasteiger charge is 2.51. The number of likely N-dealkylation sites (tertiary alicyclic amines) is 1. The lowest BCUT2D eigenvalue weighted by Crippen LogP contribution is -2.61. The van der Waals surface area contributed by atoms with Crippen molar-refractivity contribution < 1.29 is 14.0 Å². The zero-order valence-corrected chi connectivity index (χ0v) is 18.5. The maximum atomic E-state index is 13.5. The molecule has 5 rings (SSSR count). The number of nitrogens with one attached hydrogen (secondary N) is 2. The molecule has 1 saturated heterocycles. The lowest BCUT2D eigenvalue weighted by molar-refractivity contribution is -0.126. The number of halogens is 1. The highest BCUT2D eigenvalue weighted by atomic mass is 32.1. The molecule has 1 saturated carbocycles. The Bertz CT molecular complexity index is 1290. The number of thiophene rings is 1. The van der Waals surface area contributed by atoms with Gasteiger partial charge in [-0.1, -0.05) is 0 Å². The fraction of sp³-hybridized carbons (Fsp3) is 0.364. The summed E-state index contributed by atoms with van der Waals surface area (Å²) in [5.74, 6) is -0.680. The molecule has 4 heterocycles. The number of fused-ring (bicyclic) bond motifs is 1. The third-order valence-corrected chi connectivity index (χ3v) is 6.89. The van der Waals surface area contributed by atoms with Gasteiger partial charge in [0.25, 0.3) is 5.91 Å². The second-order valence-corrected chi connectivity index (χ2v) is 9.32. The van der Waals surface area contributed by atoms with Crippen LogP contribution in [0.1, 0.15) is 41.9 Å². The first-order valence-corrected chi connectivity index (χ1v) is 11.4. The van der Waals surface area contributed by atoms with Crippen LogP contribution >= 0.6 is 11.3 Å². The van der Waals surface area contributed by atoms with Crippen LogP contribution in [0.2, 0.25) is 0 Å². The third-order valence-electron chi connectivity index (χ3n) is 5.98. The van der Waals surface area contributed by atoms with Gasteiger partial charge < -0.3 is 15.5 Å². The molecule has 33 heavy (non-hydrogen) atoms. The SMILES string of the molecule is C[C@H](Nc1nc(C(=O)N2CC(NC(=O)C3(C#N)CC3)C2)c2sccc2n1)c1cncc(F)c1. The first-order chi connectivity index (χ1) is 15.9. The number of hydrogen-bond acceptors (Lipinski definition) is 8. The molecule has 1 atom stereocenters. The Morgan fingerprint density at radius 3 is 2.82 bits per heavy atom. The molecule has 11 heteroatoms. The molecule has 3 aromatic rings. The van der Waals surface area contributed by atoms with E-state index in [9.17, 15) is 14.0 Å². The van der Waals surface area contributed by atoms with Crippen molar-refractivity contribution in [1.29, 1.82) is 5.26 Å². The van der Waals surface area contributed by atoms with E-state index in [1.165, 1.54) is 17.4 Å². The molecular formula is C22H20FN7O2S. The van der Waals surface area contributed by atoms with Crippen LogP contribution in [0.4, 0.5) is 10.3 Å². The van der Waals surface area contributed by atoms with Crippen LogP contribution in [-0.2, 0) is 4.79 Å². The Morgan fingerprint density at radius 2 is 2.12 bits per heavy atom. The van der Waals surface area contributed by atoms with Crippen LogP contribution in [0.3, 0.4) is 0 Å². The van der Waals surface area contributed by atoms with Gasteiger partial charge in [-0.3, -0.25) is 14.6 Å². The van der Waals surface area contributed by atoms with Crippen molar-refractivity contribution in [1.82, 2.24) is 25.2 Å². The molecule has 0 spiro atoms. The smallest absolute Gasteiger partial charge is 0.274 e. The van der Waals surface area contributed by atoms with Crippen molar-refractivity contribution in [2.24, 2.45) is 5.41 Å². The van der Waals surface area contributed by atoms with E-state index in [2.05, 4.69) is 31.7 Å². The molecule has 2 N–H and O–H groups in total. The van der Waals surface area contributed by atoms with E-state index in [1.54, 1.807) is 11.1 Å². The number of carbonyl (C=O) groups excluding carboxylic acids is 2. The van der Waals surface area contributed by atoms with Crippen LogP contribution in [0.5, 0.6) is 0 Å². The number of carbonyl (C=O) groups is 2. The first kappa shape index (κ1) is 21.2. The van der Waals surface area contributed by atoms with Crippen LogP contribution in [-0.4, -0.2) is 50.8 Å². The van der Waals surface area contributed by atoms with Crippen LogP contribution < -0.4 is 10.6 Å². The van der Waals surface area contributed by atoms with Crippen LogP contribution in [0, 0.1) is 22.6 Å². The fourth-order valence-electron chi connectivity index (χ4n) is 3.74. The van der Waals surface area contributed by atoms with Gasteiger partial charge in [0.2, 0.25) is 11.9 Å². The van der Waals surface area contributed by atoms with E-state index < -0.39 is 11.2 Å². The first-order valence-electron chi connectivity index (χ1n) is 10.5. The van der Waals surface area contributed by atoms with Gasteiger partial charge in [0, 0.05) is 19.3 Å². The highest BCUT2D eigenvalue weighted by Crippen LogP contribution is 2.45. The number of nitrogens with zero attached hydrogens (tertiary/aromatic N) is 5. The molecular weight excluding hydrogens is 445 g/mol. The highest BCUT2D eigenvalue weighted by molar-refractivity contribution is 7.17.